The highest BCUT2D eigenvalue weighted by Gasteiger charge is 2.23. The molecular weight excluding hydrogens is 292 g/mol. The van der Waals surface area contributed by atoms with Gasteiger partial charge >= 0.3 is 0 Å². The van der Waals surface area contributed by atoms with Crippen LogP contribution in [0.3, 0.4) is 0 Å². The van der Waals surface area contributed by atoms with Crippen LogP contribution < -0.4 is 10.5 Å². The van der Waals surface area contributed by atoms with E-state index in [0.717, 1.165) is 12.8 Å². The number of nitrogens with zero attached hydrogens (tertiary/aromatic N) is 1. The number of nitrogens with one attached hydrogen (secondary N) is 2. The average molecular weight is 316 g/mol. The highest BCUT2D eigenvalue weighted by atomic mass is 32.2. The number of hydrogen-bond acceptors (Lipinski definition) is 5. The maximum absolute atomic E-state index is 12.3. The summed E-state index contributed by atoms with van der Waals surface area (Å²) in [5, 5.41) is 6.56. The highest BCUT2D eigenvalue weighted by molar-refractivity contribution is 7.89. The van der Waals surface area contributed by atoms with Gasteiger partial charge in [-0.15, -0.1) is 0 Å². The lowest BCUT2D eigenvalue weighted by molar-refractivity contribution is 0.0321. The number of hydrogen-bond donors (Lipinski definition) is 3. The van der Waals surface area contributed by atoms with Crippen LogP contribution in [-0.4, -0.2) is 37.9 Å². The van der Waals surface area contributed by atoms with Crippen LogP contribution in [-0.2, 0) is 21.3 Å². The first-order chi connectivity index (χ1) is 10.0. The SMILES string of the molecule is Cc1[nH]nc(CN)c1S(=O)(=O)NCCOC1CCCCC1. The van der Waals surface area contributed by atoms with E-state index in [4.69, 9.17) is 10.5 Å². The summed E-state index contributed by atoms with van der Waals surface area (Å²) in [6, 6.07) is 0. The third-order valence-electron chi connectivity index (χ3n) is 3.72. The fourth-order valence-electron chi connectivity index (χ4n) is 2.67. The molecule has 2 rings (SSSR count). The number of H-pyrrole nitrogens is 1. The van der Waals surface area contributed by atoms with Crippen LogP contribution in [0.1, 0.15) is 43.5 Å². The van der Waals surface area contributed by atoms with Gasteiger partial charge in [0, 0.05) is 13.1 Å². The Morgan fingerprint density at radius 3 is 2.76 bits per heavy atom. The Hall–Kier alpha value is -0.960. The minimum Gasteiger partial charge on any atom is -0.377 e. The summed E-state index contributed by atoms with van der Waals surface area (Å²) in [6.45, 7) is 2.39. The van der Waals surface area contributed by atoms with Crippen molar-refractivity contribution >= 4 is 10.0 Å². The third-order valence-corrected chi connectivity index (χ3v) is 5.39. The fourth-order valence-corrected chi connectivity index (χ4v) is 4.05. The second-order valence-electron chi connectivity index (χ2n) is 5.36. The van der Waals surface area contributed by atoms with Gasteiger partial charge in [-0.1, -0.05) is 19.3 Å². The van der Waals surface area contributed by atoms with Crippen LogP contribution in [0.4, 0.5) is 0 Å². The predicted octanol–water partition coefficient (Wildman–Crippen LogP) is 0.804. The molecule has 8 heteroatoms. The third kappa shape index (κ3) is 4.26. The molecule has 4 N–H and O–H groups in total. The smallest absolute Gasteiger partial charge is 0.244 e. The minimum atomic E-state index is -3.60. The number of rotatable bonds is 7. The molecular formula is C13H24N4O3S. The first kappa shape index (κ1) is 16.4. The van der Waals surface area contributed by atoms with Crippen LogP contribution in [0.25, 0.3) is 0 Å². The molecule has 21 heavy (non-hydrogen) atoms. The van der Waals surface area contributed by atoms with Crippen molar-refractivity contribution in [1.82, 2.24) is 14.9 Å². The van der Waals surface area contributed by atoms with E-state index in [1.165, 1.54) is 19.3 Å². The maximum Gasteiger partial charge on any atom is 0.244 e. The van der Waals surface area contributed by atoms with Gasteiger partial charge in [0.2, 0.25) is 10.0 Å². The van der Waals surface area contributed by atoms with Crippen LogP contribution >= 0.6 is 0 Å². The molecule has 0 saturated heterocycles. The second kappa shape index (κ2) is 7.35. The largest absolute Gasteiger partial charge is 0.377 e. The summed E-state index contributed by atoms with van der Waals surface area (Å²) in [7, 11) is -3.60. The van der Waals surface area contributed by atoms with Gasteiger partial charge in [0.15, 0.2) is 0 Å². The quantitative estimate of drug-likeness (QED) is 0.645. The summed E-state index contributed by atoms with van der Waals surface area (Å²) in [6.07, 6.45) is 6.09. The average Bonchev–Trinajstić information content (AvgIpc) is 2.86. The Labute approximate surface area is 125 Å². The van der Waals surface area contributed by atoms with Gasteiger partial charge in [0.05, 0.1) is 24.1 Å². The van der Waals surface area contributed by atoms with Crippen LogP contribution in [0.2, 0.25) is 0 Å². The monoisotopic (exact) mass is 316 g/mol. The zero-order valence-corrected chi connectivity index (χ0v) is 13.2. The summed E-state index contributed by atoms with van der Waals surface area (Å²) >= 11 is 0. The molecule has 0 bridgehead atoms. The van der Waals surface area contributed by atoms with E-state index in [-0.39, 0.29) is 24.1 Å². The van der Waals surface area contributed by atoms with Gasteiger partial charge in [-0.25, -0.2) is 13.1 Å². The van der Waals surface area contributed by atoms with Crippen molar-refractivity contribution in [1.29, 1.82) is 0 Å². The van der Waals surface area contributed by atoms with Gasteiger partial charge in [-0.2, -0.15) is 5.10 Å². The van der Waals surface area contributed by atoms with E-state index in [1.54, 1.807) is 6.92 Å². The molecule has 1 aliphatic rings. The van der Waals surface area contributed by atoms with E-state index >= 15 is 0 Å². The Balaban J connectivity index is 1.85. The van der Waals surface area contributed by atoms with E-state index in [1.807, 2.05) is 0 Å². The molecule has 1 heterocycles. The van der Waals surface area contributed by atoms with E-state index in [2.05, 4.69) is 14.9 Å². The van der Waals surface area contributed by atoms with E-state index < -0.39 is 10.0 Å². The summed E-state index contributed by atoms with van der Waals surface area (Å²) < 4.78 is 32.8. The molecule has 1 fully saturated rings. The molecule has 1 aliphatic carbocycles. The fraction of sp³-hybridized carbons (Fsp3) is 0.769. The second-order valence-corrected chi connectivity index (χ2v) is 7.06. The Kier molecular flexibility index (Phi) is 5.74. The first-order valence-electron chi connectivity index (χ1n) is 7.40. The van der Waals surface area contributed by atoms with Crippen LogP contribution in [0, 0.1) is 6.92 Å². The van der Waals surface area contributed by atoms with Gasteiger partial charge < -0.3 is 10.5 Å². The molecule has 120 valence electrons. The number of ether oxygens (including phenoxy) is 1. The van der Waals surface area contributed by atoms with E-state index in [9.17, 15) is 8.42 Å². The normalized spacial score (nSPS) is 17.2. The summed E-state index contributed by atoms with van der Waals surface area (Å²) in [4.78, 5) is 0.155. The van der Waals surface area contributed by atoms with E-state index in [0.29, 0.717) is 18.0 Å². The molecule has 0 aliphatic heterocycles. The van der Waals surface area contributed by atoms with Crippen molar-refractivity contribution in [3.05, 3.63) is 11.4 Å². The number of aromatic nitrogens is 2. The Bertz CT molecular complexity index is 550. The molecule has 1 saturated carbocycles. The summed E-state index contributed by atoms with van der Waals surface area (Å²) in [5.74, 6) is 0. The molecule has 0 aromatic carbocycles. The van der Waals surface area contributed by atoms with Gasteiger partial charge in [-0.3, -0.25) is 5.10 Å². The Morgan fingerprint density at radius 1 is 1.38 bits per heavy atom. The van der Waals surface area contributed by atoms with Crippen LogP contribution in [0.5, 0.6) is 0 Å². The van der Waals surface area contributed by atoms with Crippen molar-refractivity contribution in [2.24, 2.45) is 5.73 Å². The summed E-state index contributed by atoms with van der Waals surface area (Å²) in [5.41, 5.74) is 6.36. The number of aromatic amines is 1. The molecule has 0 atom stereocenters. The molecule has 0 spiro atoms. The molecule has 1 aromatic rings. The predicted molar refractivity (Wildman–Crippen MR) is 79.2 cm³/mol. The minimum absolute atomic E-state index is 0.0825. The van der Waals surface area contributed by atoms with Crippen molar-refractivity contribution in [3.63, 3.8) is 0 Å². The zero-order chi connectivity index (χ0) is 15.3. The number of aryl methyl sites for hydroxylation is 1. The topological polar surface area (TPSA) is 110 Å². The van der Waals surface area contributed by atoms with Crippen molar-refractivity contribution in [2.45, 2.75) is 56.6 Å². The highest BCUT2D eigenvalue weighted by Crippen LogP contribution is 2.20. The lowest BCUT2D eigenvalue weighted by Crippen LogP contribution is -2.30. The molecule has 0 amide bonds. The van der Waals surface area contributed by atoms with Gasteiger partial charge in [0.25, 0.3) is 0 Å². The lowest BCUT2D eigenvalue weighted by atomic mass is 9.98. The molecule has 0 radical (unpaired) electrons. The molecule has 0 unspecified atom stereocenters. The van der Waals surface area contributed by atoms with Gasteiger partial charge in [0.1, 0.15) is 4.90 Å². The van der Waals surface area contributed by atoms with Crippen molar-refractivity contribution in [2.75, 3.05) is 13.2 Å². The van der Waals surface area contributed by atoms with Crippen molar-refractivity contribution in [3.8, 4) is 0 Å². The van der Waals surface area contributed by atoms with Crippen molar-refractivity contribution < 1.29 is 13.2 Å². The standard InChI is InChI=1S/C13H24N4O3S/c1-10-13(12(9-14)17-16-10)21(18,19)15-7-8-20-11-5-3-2-4-6-11/h11,15H,2-9,14H2,1H3,(H,16,17). The number of nitrogens with two attached hydrogens (primary N) is 1. The maximum atomic E-state index is 12.3. The van der Waals surface area contributed by atoms with Gasteiger partial charge in [-0.05, 0) is 19.8 Å². The molecule has 7 nitrogen and oxygen atoms in total. The first-order valence-corrected chi connectivity index (χ1v) is 8.88. The van der Waals surface area contributed by atoms with Crippen LogP contribution in [0.15, 0.2) is 4.90 Å². The molecule has 1 aromatic heterocycles. The number of sulfonamides is 1. The Morgan fingerprint density at radius 2 is 2.10 bits per heavy atom. The lowest BCUT2D eigenvalue weighted by Gasteiger charge is -2.22. The zero-order valence-electron chi connectivity index (χ0n) is 12.4.